The molecule has 31 heavy (non-hydrogen) atoms. The van der Waals surface area contributed by atoms with Crippen LogP contribution < -0.4 is 14.8 Å². The van der Waals surface area contributed by atoms with Crippen molar-refractivity contribution in [1.82, 2.24) is 4.31 Å². The number of carbonyl (C=O) groups is 1. The number of methoxy groups -OCH3 is 1. The van der Waals surface area contributed by atoms with Gasteiger partial charge in [0.15, 0.2) is 0 Å². The highest BCUT2D eigenvalue weighted by atomic mass is 32.2. The molecule has 2 aromatic rings. The van der Waals surface area contributed by atoms with Crippen molar-refractivity contribution in [2.24, 2.45) is 0 Å². The summed E-state index contributed by atoms with van der Waals surface area (Å²) in [5.74, 6) is 0.818. The number of anilines is 1. The lowest BCUT2D eigenvalue weighted by molar-refractivity contribution is -0.116. The fourth-order valence-electron chi connectivity index (χ4n) is 3.21. The van der Waals surface area contributed by atoms with E-state index >= 15 is 0 Å². The summed E-state index contributed by atoms with van der Waals surface area (Å²) in [6, 6.07) is 10.3. The summed E-state index contributed by atoms with van der Waals surface area (Å²) in [5, 5.41) is 2.74. The minimum atomic E-state index is -3.69. The van der Waals surface area contributed by atoms with E-state index in [0.717, 1.165) is 16.9 Å². The smallest absolute Gasteiger partial charge is 0.243 e. The highest BCUT2D eigenvalue weighted by Gasteiger charge is 2.27. The first kappa shape index (κ1) is 23.1. The lowest BCUT2D eigenvalue weighted by Crippen LogP contribution is -2.40. The standard InChI is InChI=1S/C22H28N2O6S/c1-16-4-5-17(2)21(14-16)30-11-8-22(25)23-19-15-18(6-7-20(19)28-3)31(26,27)24-9-12-29-13-10-24/h4-7,14-15H,8-13H2,1-3H3,(H,23,25). The second-order valence-corrected chi connectivity index (χ2v) is 9.23. The van der Waals surface area contributed by atoms with E-state index in [1.807, 2.05) is 32.0 Å². The zero-order valence-corrected chi connectivity index (χ0v) is 18.8. The van der Waals surface area contributed by atoms with E-state index in [2.05, 4.69) is 5.32 Å². The molecule has 1 N–H and O–H groups in total. The molecule has 0 radical (unpaired) electrons. The number of aryl methyl sites for hydroxylation is 2. The first-order valence-electron chi connectivity index (χ1n) is 10.1. The summed E-state index contributed by atoms with van der Waals surface area (Å²) >= 11 is 0. The number of carbonyl (C=O) groups excluding carboxylic acids is 1. The third-order valence-electron chi connectivity index (χ3n) is 4.98. The van der Waals surface area contributed by atoms with Crippen LogP contribution in [0.25, 0.3) is 0 Å². The number of benzene rings is 2. The molecule has 0 aliphatic carbocycles. The fourth-order valence-corrected chi connectivity index (χ4v) is 4.65. The van der Waals surface area contributed by atoms with Crippen molar-refractivity contribution in [3.8, 4) is 11.5 Å². The third-order valence-corrected chi connectivity index (χ3v) is 6.88. The number of nitrogens with zero attached hydrogens (tertiary/aromatic N) is 1. The van der Waals surface area contributed by atoms with Gasteiger partial charge in [0.2, 0.25) is 15.9 Å². The highest BCUT2D eigenvalue weighted by Crippen LogP contribution is 2.29. The van der Waals surface area contributed by atoms with Crippen LogP contribution in [0.1, 0.15) is 17.5 Å². The van der Waals surface area contributed by atoms with Crippen molar-refractivity contribution >= 4 is 21.6 Å². The molecule has 0 spiro atoms. The second-order valence-electron chi connectivity index (χ2n) is 7.29. The number of nitrogens with one attached hydrogen (secondary N) is 1. The number of amides is 1. The molecule has 1 amide bonds. The molecule has 0 unspecified atom stereocenters. The van der Waals surface area contributed by atoms with E-state index in [9.17, 15) is 13.2 Å². The summed E-state index contributed by atoms with van der Waals surface area (Å²) in [7, 11) is -2.22. The van der Waals surface area contributed by atoms with Crippen LogP contribution in [0.2, 0.25) is 0 Å². The van der Waals surface area contributed by atoms with Gasteiger partial charge >= 0.3 is 0 Å². The van der Waals surface area contributed by atoms with Crippen molar-refractivity contribution in [2.45, 2.75) is 25.2 Å². The molecule has 2 aromatic carbocycles. The number of hydrogen-bond acceptors (Lipinski definition) is 6. The largest absolute Gasteiger partial charge is 0.495 e. The van der Waals surface area contributed by atoms with E-state index in [4.69, 9.17) is 14.2 Å². The van der Waals surface area contributed by atoms with Gasteiger partial charge in [-0.15, -0.1) is 0 Å². The normalized spacial score (nSPS) is 14.8. The molecule has 8 nitrogen and oxygen atoms in total. The molecule has 0 atom stereocenters. The van der Waals surface area contributed by atoms with E-state index < -0.39 is 10.0 Å². The Kier molecular flexibility index (Phi) is 7.53. The summed E-state index contributed by atoms with van der Waals surface area (Å²) in [6.07, 6.45) is 0.108. The monoisotopic (exact) mass is 448 g/mol. The molecule has 1 heterocycles. The summed E-state index contributed by atoms with van der Waals surface area (Å²) in [5.41, 5.74) is 2.37. The number of morpholine rings is 1. The first-order chi connectivity index (χ1) is 14.8. The van der Waals surface area contributed by atoms with Gasteiger partial charge in [0.05, 0.1) is 43.9 Å². The molecular weight excluding hydrogens is 420 g/mol. The molecule has 0 saturated carbocycles. The molecule has 1 aliphatic heterocycles. The zero-order valence-electron chi connectivity index (χ0n) is 18.0. The molecular formula is C22H28N2O6S. The van der Waals surface area contributed by atoms with Gasteiger partial charge in [-0.3, -0.25) is 4.79 Å². The molecule has 168 valence electrons. The Hall–Kier alpha value is -2.62. The quantitative estimate of drug-likeness (QED) is 0.667. The predicted octanol–water partition coefficient (Wildman–Crippen LogP) is 2.74. The van der Waals surface area contributed by atoms with E-state index in [1.54, 1.807) is 0 Å². The molecule has 0 aromatic heterocycles. The van der Waals surface area contributed by atoms with Crippen LogP contribution in [0.15, 0.2) is 41.3 Å². The van der Waals surface area contributed by atoms with Crippen LogP contribution in [-0.4, -0.2) is 58.7 Å². The van der Waals surface area contributed by atoms with Crippen LogP contribution in [0.5, 0.6) is 11.5 Å². The SMILES string of the molecule is COc1ccc(S(=O)(=O)N2CCOCC2)cc1NC(=O)CCOc1cc(C)ccc1C. The molecule has 0 bridgehead atoms. The Bertz CT molecular complexity index is 1030. The zero-order chi connectivity index (χ0) is 22.4. The van der Waals surface area contributed by atoms with E-state index in [0.29, 0.717) is 37.7 Å². The van der Waals surface area contributed by atoms with Crippen LogP contribution in [-0.2, 0) is 19.6 Å². The maximum Gasteiger partial charge on any atom is 0.243 e. The third kappa shape index (κ3) is 5.75. The van der Waals surface area contributed by atoms with Crippen molar-refractivity contribution in [3.05, 3.63) is 47.5 Å². The van der Waals surface area contributed by atoms with Gasteiger partial charge < -0.3 is 19.5 Å². The second kappa shape index (κ2) is 10.1. The van der Waals surface area contributed by atoms with Crippen LogP contribution >= 0.6 is 0 Å². The van der Waals surface area contributed by atoms with Gasteiger partial charge in [-0.2, -0.15) is 4.31 Å². The lowest BCUT2D eigenvalue weighted by Gasteiger charge is -2.26. The van der Waals surface area contributed by atoms with Gasteiger partial charge in [0, 0.05) is 13.1 Å². The summed E-state index contributed by atoms with van der Waals surface area (Å²) < 4.78 is 43.4. The molecule has 3 rings (SSSR count). The van der Waals surface area contributed by atoms with Crippen LogP contribution in [0, 0.1) is 13.8 Å². The van der Waals surface area contributed by atoms with Crippen molar-refractivity contribution in [1.29, 1.82) is 0 Å². The molecule has 1 fully saturated rings. The Balaban J connectivity index is 1.67. The number of rotatable bonds is 8. The van der Waals surface area contributed by atoms with Crippen molar-refractivity contribution in [2.75, 3.05) is 45.3 Å². The highest BCUT2D eigenvalue weighted by molar-refractivity contribution is 7.89. The topological polar surface area (TPSA) is 94.2 Å². The number of ether oxygens (including phenoxy) is 3. The molecule has 9 heteroatoms. The van der Waals surface area contributed by atoms with Crippen LogP contribution in [0.3, 0.4) is 0 Å². The Morgan fingerprint density at radius 2 is 1.84 bits per heavy atom. The van der Waals surface area contributed by atoms with E-state index in [-0.39, 0.29) is 23.8 Å². The Labute approximate surface area is 183 Å². The maximum absolute atomic E-state index is 12.9. The van der Waals surface area contributed by atoms with E-state index in [1.165, 1.54) is 29.6 Å². The fraction of sp³-hybridized carbons (Fsp3) is 0.409. The Morgan fingerprint density at radius 1 is 1.10 bits per heavy atom. The predicted molar refractivity (Wildman–Crippen MR) is 117 cm³/mol. The number of hydrogen-bond donors (Lipinski definition) is 1. The average Bonchev–Trinajstić information content (AvgIpc) is 2.76. The minimum absolute atomic E-state index is 0.0946. The minimum Gasteiger partial charge on any atom is -0.495 e. The van der Waals surface area contributed by atoms with Gasteiger partial charge in [-0.1, -0.05) is 12.1 Å². The van der Waals surface area contributed by atoms with Gasteiger partial charge in [-0.25, -0.2) is 8.42 Å². The summed E-state index contributed by atoms with van der Waals surface area (Å²) in [6.45, 7) is 5.43. The Morgan fingerprint density at radius 3 is 2.55 bits per heavy atom. The van der Waals surface area contributed by atoms with Gasteiger partial charge in [0.25, 0.3) is 0 Å². The van der Waals surface area contributed by atoms with Gasteiger partial charge in [0.1, 0.15) is 11.5 Å². The lowest BCUT2D eigenvalue weighted by atomic mass is 10.1. The molecule has 1 aliphatic rings. The first-order valence-corrected chi connectivity index (χ1v) is 11.5. The summed E-state index contributed by atoms with van der Waals surface area (Å²) in [4.78, 5) is 12.6. The molecule has 1 saturated heterocycles. The van der Waals surface area contributed by atoms with Gasteiger partial charge in [-0.05, 0) is 49.2 Å². The maximum atomic E-state index is 12.9. The van der Waals surface area contributed by atoms with Crippen LogP contribution in [0.4, 0.5) is 5.69 Å². The number of sulfonamides is 1. The van der Waals surface area contributed by atoms with Crippen molar-refractivity contribution in [3.63, 3.8) is 0 Å². The average molecular weight is 449 g/mol. The van der Waals surface area contributed by atoms with Crippen molar-refractivity contribution < 1.29 is 27.4 Å².